The van der Waals surface area contributed by atoms with Crippen molar-refractivity contribution in [1.29, 1.82) is 0 Å². The van der Waals surface area contributed by atoms with E-state index in [1.807, 2.05) is 0 Å². The molecule has 0 heterocycles. The lowest BCUT2D eigenvalue weighted by Gasteiger charge is -2.09. The number of ether oxygens (including phenoxy) is 1. The van der Waals surface area contributed by atoms with Crippen molar-refractivity contribution in [3.8, 4) is 5.75 Å². The lowest BCUT2D eigenvalue weighted by atomic mass is 10.2. The SMILES string of the molecule is CC(NC(=O)/C=C/c1cc(Br)ccc1OC(F)F)C(N)=O. The van der Waals surface area contributed by atoms with Gasteiger partial charge in [0.2, 0.25) is 11.8 Å². The van der Waals surface area contributed by atoms with Gasteiger partial charge in [-0.2, -0.15) is 8.78 Å². The summed E-state index contributed by atoms with van der Waals surface area (Å²) in [6.45, 7) is -1.54. The second-order valence-electron chi connectivity index (χ2n) is 4.03. The number of hydrogen-bond donors (Lipinski definition) is 2. The largest absolute Gasteiger partial charge is 0.434 e. The Bertz CT molecular complexity index is 564. The molecule has 1 rings (SSSR count). The molecule has 114 valence electrons. The Balaban J connectivity index is 2.85. The molecule has 5 nitrogen and oxygen atoms in total. The molecule has 0 aliphatic carbocycles. The first-order chi connectivity index (χ1) is 9.79. The molecule has 1 unspecified atom stereocenters. The van der Waals surface area contributed by atoms with Gasteiger partial charge in [-0.25, -0.2) is 0 Å². The zero-order chi connectivity index (χ0) is 16.0. The Kier molecular flexibility index (Phi) is 6.29. The molecule has 0 saturated carbocycles. The molecule has 0 aliphatic heterocycles. The van der Waals surface area contributed by atoms with E-state index in [0.717, 1.165) is 6.08 Å². The maximum absolute atomic E-state index is 12.3. The standard InChI is InChI=1S/C13H13BrF2N2O3/c1-7(12(17)20)18-11(19)5-2-8-6-9(14)3-4-10(8)21-13(15)16/h2-7,13H,1H3,(H2,17,20)(H,18,19)/b5-2+. The number of nitrogens with one attached hydrogen (secondary N) is 1. The number of amides is 2. The van der Waals surface area contributed by atoms with E-state index in [1.165, 1.54) is 31.2 Å². The Morgan fingerprint density at radius 1 is 1.43 bits per heavy atom. The second-order valence-corrected chi connectivity index (χ2v) is 4.94. The molecular formula is C13H13BrF2N2O3. The van der Waals surface area contributed by atoms with Gasteiger partial charge in [-0.05, 0) is 31.2 Å². The van der Waals surface area contributed by atoms with Crippen molar-refractivity contribution in [1.82, 2.24) is 5.32 Å². The van der Waals surface area contributed by atoms with Crippen LogP contribution in [0, 0.1) is 0 Å². The number of halogens is 3. The van der Waals surface area contributed by atoms with Crippen LogP contribution >= 0.6 is 15.9 Å². The molecule has 8 heteroatoms. The number of nitrogens with two attached hydrogens (primary N) is 1. The van der Waals surface area contributed by atoms with Crippen LogP contribution in [0.15, 0.2) is 28.7 Å². The van der Waals surface area contributed by atoms with E-state index >= 15 is 0 Å². The average molecular weight is 363 g/mol. The normalized spacial score (nSPS) is 12.4. The number of primary amides is 1. The van der Waals surface area contributed by atoms with Gasteiger partial charge in [0, 0.05) is 16.1 Å². The minimum Gasteiger partial charge on any atom is -0.434 e. The van der Waals surface area contributed by atoms with Crippen LogP contribution in [0.1, 0.15) is 12.5 Å². The Hall–Kier alpha value is -1.96. The van der Waals surface area contributed by atoms with Crippen LogP contribution in [0.3, 0.4) is 0 Å². The molecule has 0 bridgehead atoms. The van der Waals surface area contributed by atoms with Crippen LogP contribution in [-0.2, 0) is 9.59 Å². The molecule has 2 amide bonds. The van der Waals surface area contributed by atoms with Crippen LogP contribution in [0.4, 0.5) is 8.78 Å². The lowest BCUT2D eigenvalue weighted by molar-refractivity contribution is -0.124. The van der Waals surface area contributed by atoms with Crippen LogP contribution in [0.5, 0.6) is 5.75 Å². The smallest absolute Gasteiger partial charge is 0.387 e. The fraction of sp³-hybridized carbons (Fsp3) is 0.231. The molecule has 3 N–H and O–H groups in total. The van der Waals surface area contributed by atoms with Crippen molar-refractivity contribution in [3.63, 3.8) is 0 Å². The van der Waals surface area contributed by atoms with Gasteiger partial charge in [-0.15, -0.1) is 0 Å². The fourth-order valence-electron chi connectivity index (χ4n) is 1.35. The minimum absolute atomic E-state index is 0.0693. The van der Waals surface area contributed by atoms with Gasteiger partial charge < -0.3 is 15.8 Å². The Labute approximate surface area is 128 Å². The number of carbonyl (C=O) groups excluding carboxylic acids is 2. The molecule has 1 aromatic rings. The van der Waals surface area contributed by atoms with Crippen molar-refractivity contribution in [3.05, 3.63) is 34.3 Å². The molecule has 21 heavy (non-hydrogen) atoms. The molecular weight excluding hydrogens is 350 g/mol. The first kappa shape index (κ1) is 17.1. The number of benzene rings is 1. The molecule has 0 fully saturated rings. The molecule has 0 saturated heterocycles. The number of carbonyl (C=O) groups is 2. The van der Waals surface area contributed by atoms with Gasteiger partial charge in [-0.3, -0.25) is 9.59 Å². The van der Waals surface area contributed by atoms with Crippen LogP contribution < -0.4 is 15.8 Å². The number of rotatable bonds is 6. The van der Waals surface area contributed by atoms with Gasteiger partial charge in [0.1, 0.15) is 11.8 Å². The van der Waals surface area contributed by atoms with Crippen LogP contribution in [0.2, 0.25) is 0 Å². The zero-order valence-electron chi connectivity index (χ0n) is 11.0. The Morgan fingerprint density at radius 2 is 2.10 bits per heavy atom. The summed E-state index contributed by atoms with van der Waals surface area (Å²) in [6, 6.07) is 3.56. The molecule has 0 aromatic heterocycles. The van der Waals surface area contributed by atoms with E-state index in [4.69, 9.17) is 5.73 Å². The maximum Gasteiger partial charge on any atom is 0.387 e. The zero-order valence-corrected chi connectivity index (χ0v) is 12.6. The summed E-state index contributed by atoms with van der Waals surface area (Å²) in [7, 11) is 0. The van der Waals surface area contributed by atoms with Crippen molar-refractivity contribution < 1.29 is 23.1 Å². The van der Waals surface area contributed by atoms with E-state index in [0.29, 0.717) is 4.47 Å². The van der Waals surface area contributed by atoms with E-state index < -0.39 is 24.5 Å². The summed E-state index contributed by atoms with van der Waals surface area (Å²) >= 11 is 3.19. The summed E-state index contributed by atoms with van der Waals surface area (Å²) in [6.07, 6.45) is 2.39. The lowest BCUT2D eigenvalue weighted by Crippen LogP contribution is -2.41. The van der Waals surface area contributed by atoms with Crippen LogP contribution in [0.25, 0.3) is 6.08 Å². The predicted molar refractivity (Wildman–Crippen MR) is 76.6 cm³/mol. The first-order valence-electron chi connectivity index (χ1n) is 5.82. The van der Waals surface area contributed by atoms with Gasteiger partial charge in [-0.1, -0.05) is 15.9 Å². The van der Waals surface area contributed by atoms with Gasteiger partial charge in [0.25, 0.3) is 0 Å². The van der Waals surface area contributed by atoms with Crippen LogP contribution in [-0.4, -0.2) is 24.5 Å². The van der Waals surface area contributed by atoms with Crippen molar-refractivity contribution >= 4 is 33.8 Å². The third-order valence-electron chi connectivity index (χ3n) is 2.39. The highest BCUT2D eigenvalue weighted by Crippen LogP contribution is 2.25. The minimum atomic E-state index is -2.97. The molecule has 0 radical (unpaired) electrons. The van der Waals surface area contributed by atoms with Gasteiger partial charge >= 0.3 is 6.61 Å². The number of alkyl halides is 2. The molecule has 1 aromatic carbocycles. The topological polar surface area (TPSA) is 81.4 Å². The summed E-state index contributed by atoms with van der Waals surface area (Å²) in [5, 5.41) is 2.32. The molecule has 1 atom stereocenters. The summed E-state index contributed by atoms with van der Waals surface area (Å²) in [5.74, 6) is -1.33. The summed E-state index contributed by atoms with van der Waals surface area (Å²) in [4.78, 5) is 22.3. The highest BCUT2D eigenvalue weighted by Gasteiger charge is 2.11. The van der Waals surface area contributed by atoms with Gasteiger partial charge in [0.15, 0.2) is 0 Å². The number of hydrogen-bond acceptors (Lipinski definition) is 3. The first-order valence-corrected chi connectivity index (χ1v) is 6.61. The monoisotopic (exact) mass is 362 g/mol. The quantitative estimate of drug-likeness (QED) is 0.760. The molecule has 0 aliphatic rings. The Morgan fingerprint density at radius 3 is 2.67 bits per heavy atom. The van der Waals surface area contributed by atoms with Crippen molar-refractivity contribution in [2.45, 2.75) is 19.6 Å². The fourth-order valence-corrected chi connectivity index (χ4v) is 1.73. The van der Waals surface area contributed by atoms with Crippen molar-refractivity contribution in [2.75, 3.05) is 0 Å². The van der Waals surface area contributed by atoms with E-state index in [1.54, 1.807) is 0 Å². The second kappa shape index (κ2) is 7.72. The summed E-state index contributed by atoms with van der Waals surface area (Å²) < 4.78 is 29.5. The van der Waals surface area contributed by atoms with Gasteiger partial charge in [0.05, 0.1) is 0 Å². The predicted octanol–water partition coefficient (Wildman–Crippen LogP) is 2.05. The third-order valence-corrected chi connectivity index (χ3v) is 2.88. The third kappa shape index (κ3) is 5.90. The van der Waals surface area contributed by atoms with E-state index in [9.17, 15) is 18.4 Å². The van der Waals surface area contributed by atoms with Crippen molar-refractivity contribution in [2.24, 2.45) is 5.73 Å². The highest BCUT2D eigenvalue weighted by atomic mass is 79.9. The maximum atomic E-state index is 12.3. The van der Waals surface area contributed by atoms with E-state index in [-0.39, 0.29) is 11.3 Å². The van der Waals surface area contributed by atoms with E-state index in [2.05, 4.69) is 26.0 Å². The molecule has 0 spiro atoms. The average Bonchev–Trinajstić information content (AvgIpc) is 2.38. The summed E-state index contributed by atoms with van der Waals surface area (Å²) in [5.41, 5.74) is 5.29. The highest BCUT2D eigenvalue weighted by molar-refractivity contribution is 9.10.